The number of halogens is 1. The zero-order valence-corrected chi connectivity index (χ0v) is 10.4. The van der Waals surface area contributed by atoms with Crippen molar-refractivity contribution in [2.45, 2.75) is 0 Å². The van der Waals surface area contributed by atoms with E-state index in [0.717, 1.165) is 0 Å². The standard InChI is InChI=1S/C12H13ClN4O/c13-9-2-1-3-10(6-9)18-11-7-16-12(17-8-11)15-5-4-14/h1-3,6-8H,4-5,14H2,(H,15,16,17). The van der Waals surface area contributed by atoms with Crippen LogP contribution in [0.25, 0.3) is 0 Å². The molecule has 0 aliphatic rings. The van der Waals surface area contributed by atoms with E-state index in [4.69, 9.17) is 22.1 Å². The first kappa shape index (κ1) is 12.6. The first-order valence-electron chi connectivity index (χ1n) is 5.47. The van der Waals surface area contributed by atoms with Crippen molar-refractivity contribution in [3.63, 3.8) is 0 Å². The van der Waals surface area contributed by atoms with Crippen molar-refractivity contribution >= 4 is 17.5 Å². The molecule has 0 unspecified atom stereocenters. The van der Waals surface area contributed by atoms with Crippen LogP contribution >= 0.6 is 11.6 Å². The average Bonchev–Trinajstić information content (AvgIpc) is 2.38. The van der Waals surface area contributed by atoms with Gasteiger partial charge in [-0.3, -0.25) is 0 Å². The average molecular weight is 265 g/mol. The molecule has 0 radical (unpaired) electrons. The summed E-state index contributed by atoms with van der Waals surface area (Å²) in [5, 5.41) is 3.59. The summed E-state index contributed by atoms with van der Waals surface area (Å²) in [4.78, 5) is 8.20. The summed E-state index contributed by atoms with van der Waals surface area (Å²) in [7, 11) is 0. The summed E-state index contributed by atoms with van der Waals surface area (Å²) in [5.74, 6) is 1.73. The van der Waals surface area contributed by atoms with Gasteiger partial charge in [-0.1, -0.05) is 17.7 Å². The number of aromatic nitrogens is 2. The highest BCUT2D eigenvalue weighted by atomic mass is 35.5. The number of nitrogens with two attached hydrogens (primary N) is 1. The van der Waals surface area contributed by atoms with Gasteiger partial charge in [-0.25, -0.2) is 9.97 Å². The molecule has 3 N–H and O–H groups in total. The maximum atomic E-state index is 5.86. The van der Waals surface area contributed by atoms with Gasteiger partial charge in [0.15, 0.2) is 5.75 Å². The molecule has 0 bridgehead atoms. The van der Waals surface area contributed by atoms with E-state index in [1.165, 1.54) is 0 Å². The summed E-state index contributed by atoms with van der Waals surface area (Å²) >= 11 is 5.86. The van der Waals surface area contributed by atoms with Gasteiger partial charge in [-0.2, -0.15) is 0 Å². The zero-order chi connectivity index (χ0) is 12.8. The number of hydrogen-bond acceptors (Lipinski definition) is 5. The Labute approximate surface area is 110 Å². The Hall–Kier alpha value is -1.85. The maximum Gasteiger partial charge on any atom is 0.222 e. The third-order valence-corrected chi connectivity index (χ3v) is 2.32. The monoisotopic (exact) mass is 264 g/mol. The molecule has 0 fully saturated rings. The number of nitrogens with zero attached hydrogens (tertiary/aromatic N) is 2. The minimum absolute atomic E-state index is 0.527. The van der Waals surface area contributed by atoms with Crippen molar-refractivity contribution in [2.24, 2.45) is 5.73 Å². The summed E-state index contributed by atoms with van der Waals surface area (Å²) in [6, 6.07) is 7.13. The highest BCUT2D eigenvalue weighted by Gasteiger charge is 2.00. The second-order valence-electron chi connectivity index (χ2n) is 3.52. The second kappa shape index (κ2) is 6.18. The van der Waals surface area contributed by atoms with Crippen LogP contribution in [0.3, 0.4) is 0 Å². The Bertz CT molecular complexity index is 504. The Morgan fingerprint density at radius 3 is 2.67 bits per heavy atom. The number of ether oxygens (including phenoxy) is 1. The third-order valence-electron chi connectivity index (χ3n) is 2.09. The molecular weight excluding hydrogens is 252 g/mol. The topological polar surface area (TPSA) is 73.1 Å². The fraction of sp³-hybridized carbons (Fsp3) is 0.167. The van der Waals surface area contributed by atoms with Crippen LogP contribution in [0.1, 0.15) is 0 Å². The molecule has 0 aliphatic carbocycles. The molecule has 18 heavy (non-hydrogen) atoms. The molecule has 0 spiro atoms. The van der Waals surface area contributed by atoms with Crippen LogP contribution in [-0.2, 0) is 0 Å². The quantitative estimate of drug-likeness (QED) is 0.867. The normalized spacial score (nSPS) is 10.1. The van der Waals surface area contributed by atoms with Crippen LogP contribution in [0.4, 0.5) is 5.95 Å². The summed E-state index contributed by atoms with van der Waals surface area (Å²) in [6.07, 6.45) is 3.18. The van der Waals surface area contributed by atoms with Gasteiger partial charge < -0.3 is 15.8 Å². The van der Waals surface area contributed by atoms with Gasteiger partial charge in [-0.15, -0.1) is 0 Å². The van der Waals surface area contributed by atoms with Crippen molar-refractivity contribution < 1.29 is 4.74 Å². The van der Waals surface area contributed by atoms with Gasteiger partial charge in [0.25, 0.3) is 0 Å². The maximum absolute atomic E-state index is 5.86. The van der Waals surface area contributed by atoms with Crippen LogP contribution < -0.4 is 15.8 Å². The Kier molecular flexibility index (Phi) is 4.33. The molecule has 0 amide bonds. The Morgan fingerprint density at radius 2 is 2.00 bits per heavy atom. The molecule has 1 heterocycles. The number of benzene rings is 1. The fourth-order valence-electron chi connectivity index (χ4n) is 1.31. The van der Waals surface area contributed by atoms with E-state index in [9.17, 15) is 0 Å². The first-order chi connectivity index (χ1) is 8.78. The van der Waals surface area contributed by atoms with Crippen LogP contribution in [-0.4, -0.2) is 23.1 Å². The predicted molar refractivity (Wildman–Crippen MR) is 71.1 cm³/mol. The first-order valence-corrected chi connectivity index (χ1v) is 5.85. The number of rotatable bonds is 5. The molecular formula is C12H13ClN4O. The van der Waals surface area contributed by atoms with E-state index in [-0.39, 0.29) is 0 Å². The molecule has 5 nitrogen and oxygen atoms in total. The van der Waals surface area contributed by atoms with Crippen LogP contribution in [0.2, 0.25) is 5.02 Å². The predicted octanol–water partition coefficient (Wildman–Crippen LogP) is 2.29. The highest BCUT2D eigenvalue weighted by molar-refractivity contribution is 6.30. The Morgan fingerprint density at radius 1 is 1.22 bits per heavy atom. The number of nitrogens with one attached hydrogen (secondary N) is 1. The van der Waals surface area contributed by atoms with E-state index in [0.29, 0.717) is 35.6 Å². The largest absolute Gasteiger partial charge is 0.454 e. The van der Waals surface area contributed by atoms with Gasteiger partial charge in [0.05, 0.1) is 12.4 Å². The molecule has 0 atom stereocenters. The SMILES string of the molecule is NCCNc1ncc(Oc2cccc(Cl)c2)cn1. The van der Waals surface area contributed by atoms with E-state index >= 15 is 0 Å². The summed E-state index contributed by atoms with van der Waals surface area (Å²) < 4.78 is 5.56. The lowest BCUT2D eigenvalue weighted by atomic mass is 10.3. The van der Waals surface area contributed by atoms with E-state index < -0.39 is 0 Å². The Balaban J connectivity index is 2.02. The molecule has 1 aromatic heterocycles. The molecule has 0 saturated heterocycles. The third kappa shape index (κ3) is 3.58. The minimum atomic E-state index is 0.527. The smallest absolute Gasteiger partial charge is 0.222 e. The molecule has 0 saturated carbocycles. The molecule has 6 heteroatoms. The molecule has 1 aromatic carbocycles. The minimum Gasteiger partial charge on any atom is -0.454 e. The summed E-state index contributed by atoms with van der Waals surface area (Å²) in [6.45, 7) is 1.17. The van der Waals surface area contributed by atoms with Crippen molar-refractivity contribution in [3.05, 3.63) is 41.7 Å². The van der Waals surface area contributed by atoms with E-state index in [2.05, 4.69) is 15.3 Å². The van der Waals surface area contributed by atoms with Gasteiger partial charge in [0.1, 0.15) is 5.75 Å². The lowest BCUT2D eigenvalue weighted by Crippen LogP contribution is -2.14. The highest BCUT2D eigenvalue weighted by Crippen LogP contribution is 2.23. The van der Waals surface area contributed by atoms with Crippen molar-refractivity contribution in [1.82, 2.24) is 9.97 Å². The van der Waals surface area contributed by atoms with E-state index in [1.54, 1.807) is 24.5 Å². The molecule has 2 aromatic rings. The number of hydrogen-bond donors (Lipinski definition) is 2. The number of anilines is 1. The van der Waals surface area contributed by atoms with Gasteiger partial charge in [0.2, 0.25) is 5.95 Å². The van der Waals surface area contributed by atoms with Gasteiger partial charge in [-0.05, 0) is 18.2 Å². The van der Waals surface area contributed by atoms with Gasteiger partial charge in [0, 0.05) is 18.1 Å². The van der Waals surface area contributed by atoms with Gasteiger partial charge >= 0.3 is 0 Å². The molecule has 0 aliphatic heterocycles. The zero-order valence-electron chi connectivity index (χ0n) is 9.64. The lowest BCUT2D eigenvalue weighted by molar-refractivity contribution is 0.478. The lowest BCUT2D eigenvalue weighted by Gasteiger charge is -2.06. The van der Waals surface area contributed by atoms with Crippen molar-refractivity contribution in [2.75, 3.05) is 18.4 Å². The molecule has 94 valence electrons. The summed E-state index contributed by atoms with van der Waals surface area (Å²) in [5.41, 5.74) is 5.37. The van der Waals surface area contributed by atoms with Crippen LogP contribution in [0.5, 0.6) is 11.5 Å². The van der Waals surface area contributed by atoms with E-state index in [1.807, 2.05) is 12.1 Å². The van der Waals surface area contributed by atoms with Crippen molar-refractivity contribution in [3.8, 4) is 11.5 Å². The molecule has 2 rings (SSSR count). The second-order valence-corrected chi connectivity index (χ2v) is 3.95. The fourth-order valence-corrected chi connectivity index (χ4v) is 1.49. The van der Waals surface area contributed by atoms with Crippen LogP contribution in [0.15, 0.2) is 36.7 Å². The van der Waals surface area contributed by atoms with Crippen molar-refractivity contribution in [1.29, 1.82) is 0 Å². The van der Waals surface area contributed by atoms with Crippen LogP contribution in [0, 0.1) is 0 Å².